The van der Waals surface area contributed by atoms with Gasteiger partial charge in [0.2, 0.25) is 0 Å². The summed E-state index contributed by atoms with van der Waals surface area (Å²) in [6.45, 7) is 0. The van der Waals surface area contributed by atoms with Gasteiger partial charge in [-0.15, -0.1) is 0 Å². The topological polar surface area (TPSA) is 32.7 Å². The summed E-state index contributed by atoms with van der Waals surface area (Å²) in [6.07, 6.45) is -4.58. The molecule has 0 N–H and O–H groups in total. The number of rotatable bonds is 2. The van der Waals surface area contributed by atoms with Crippen LogP contribution in [-0.4, -0.2) is 37.3 Å². The third-order valence-corrected chi connectivity index (χ3v) is 0.685. The number of hydrogen-bond donors (Lipinski definition) is 0. The van der Waals surface area contributed by atoms with Crippen LogP contribution in [0.25, 0.3) is 0 Å². The van der Waals surface area contributed by atoms with Gasteiger partial charge in [0, 0.05) is 14.1 Å². The Morgan fingerprint density at radius 3 is 2.18 bits per heavy atom. The van der Waals surface area contributed by atoms with Crippen molar-refractivity contribution in [1.29, 1.82) is 0 Å². The maximum absolute atomic E-state index is 11.4. The van der Waals surface area contributed by atoms with E-state index in [1.54, 1.807) is 0 Å². The van der Waals surface area contributed by atoms with Crippen LogP contribution in [0.2, 0.25) is 0 Å². The molecule has 0 saturated carbocycles. The molecular formula is C5H7F3N2O. The molecule has 0 radical (unpaired) electrons. The third kappa shape index (κ3) is 4.35. The van der Waals surface area contributed by atoms with Crippen molar-refractivity contribution in [2.45, 2.75) is 6.18 Å². The van der Waals surface area contributed by atoms with E-state index in [1.807, 2.05) is 0 Å². The lowest BCUT2D eigenvalue weighted by Crippen LogP contribution is -2.24. The van der Waals surface area contributed by atoms with Gasteiger partial charge in [-0.05, 0) is 0 Å². The maximum atomic E-state index is 11.4. The van der Waals surface area contributed by atoms with Crippen molar-refractivity contribution in [2.75, 3.05) is 14.1 Å². The summed E-state index contributed by atoms with van der Waals surface area (Å²) >= 11 is 0. The fourth-order valence-corrected chi connectivity index (χ4v) is 0.241. The monoisotopic (exact) mass is 168 g/mol. The van der Waals surface area contributed by atoms with Gasteiger partial charge in [0.15, 0.2) is 0 Å². The highest BCUT2D eigenvalue weighted by atomic mass is 19.4. The Morgan fingerprint density at radius 1 is 1.45 bits per heavy atom. The quantitative estimate of drug-likeness (QED) is 0.448. The SMILES string of the molecule is CN(C)N=CC(=O)C(F)(F)F. The fraction of sp³-hybridized carbons (Fsp3) is 0.600. The molecule has 64 valence electrons. The van der Waals surface area contributed by atoms with E-state index >= 15 is 0 Å². The molecule has 0 saturated heterocycles. The van der Waals surface area contributed by atoms with Gasteiger partial charge in [-0.25, -0.2) is 0 Å². The van der Waals surface area contributed by atoms with Crippen LogP contribution in [0.5, 0.6) is 0 Å². The molecular weight excluding hydrogens is 161 g/mol. The Morgan fingerprint density at radius 2 is 1.91 bits per heavy atom. The summed E-state index contributed by atoms with van der Waals surface area (Å²) in [4.78, 5) is 10.1. The van der Waals surface area contributed by atoms with E-state index in [2.05, 4.69) is 5.10 Å². The number of halogens is 3. The summed E-state index contributed by atoms with van der Waals surface area (Å²) in [5.41, 5.74) is 0. The molecule has 0 fully saturated rings. The number of carbonyl (C=O) groups is 1. The van der Waals surface area contributed by atoms with Gasteiger partial charge in [-0.3, -0.25) is 4.79 Å². The molecule has 6 heteroatoms. The molecule has 0 aromatic carbocycles. The zero-order valence-corrected chi connectivity index (χ0v) is 6.01. The molecule has 0 aromatic rings. The van der Waals surface area contributed by atoms with E-state index in [1.165, 1.54) is 14.1 Å². The summed E-state index contributed by atoms with van der Waals surface area (Å²) in [5, 5.41) is 4.23. The maximum Gasteiger partial charge on any atom is 0.455 e. The molecule has 0 unspecified atom stereocenters. The first-order chi connectivity index (χ1) is 4.84. The molecule has 0 aliphatic rings. The average Bonchev–Trinajstić information content (AvgIpc) is 1.80. The molecule has 0 spiro atoms. The second kappa shape index (κ2) is 3.36. The standard InChI is InChI=1S/C5H7F3N2O/c1-10(2)9-3-4(11)5(6,7)8/h3H,1-2H3. The molecule has 11 heavy (non-hydrogen) atoms. The van der Waals surface area contributed by atoms with Gasteiger partial charge in [0.25, 0.3) is 5.78 Å². The number of Topliss-reactive ketones (excluding diaryl/α,β-unsaturated/α-hetero) is 1. The van der Waals surface area contributed by atoms with E-state index in [9.17, 15) is 18.0 Å². The minimum Gasteiger partial charge on any atom is -0.303 e. The Kier molecular flexibility index (Phi) is 3.03. The van der Waals surface area contributed by atoms with Gasteiger partial charge >= 0.3 is 6.18 Å². The first kappa shape index (κ1) is 9.93. The van der Waals surface area contributed by atoms with Crippen molar-refractivity contribution in [1.82, 2.24) is 5.01 Å². The van der Waals surface area contributed by atoms with Crippen LogP contribution in [0, 0.1) is 0 Å². The normalized spacial score (nSPS) is 12.1. The second-order valence-corrected chi connectivity index (χ2v) is 1.95. The molecule has 0 rings (SSSR count). The van der Waals surface area contributed by atoms with Gasteiger partial charge in [-0.1, -0.05) is 0 Å². The number of hydrazone groups is 1. The first-order valence-electron chi connectivity index (χ1n) is 2.66. The summed E-state index contributed by atoms with van der Waals surface area (Å²) in [7, 11) is 2.83. The van der Waals surface area contributed by atoms with Gasteiger partial charge in [0.1, 0.15) is 0 Å². The lowest BCUT2D eigenvalue weighted by Gasteiger charge is -2.03. The minimum atomic E-state index is -4.82. The van der Waals surface area contributed by atoms with Crippen molar-refractivity contribution in [3.8, 4) is 0 Å². The van der Waals surface area contributed by atoms with Gasteiger partial charge in [0.05, 0.1) is 6.21 Å². The molecule has 0 aliphatic carbocycles. The lowest BCUT2D eigenvalue weighted by atomic mass is 10.4. The summed E-state index contributed by atoms with van der Waals surface area (Å²) in [5.74, 6) is -1.95. The molecule has 0 aliphatic heterocycles. The zero-order chi connectivity index (χ0) is 9.07. The number of ketones is 1. The van der Waals surface area contributed by atoms with Crippen molar-refractivity contribution in [2.24, 2.45) is 5.10 Å². The Bertz CT molecular complexity index is 173. The average molecular weight is 168 g/mol. The number of nitrogens with zero attached hydrogens (tertiary/aromatic N) is 2. The van der Waals surface area contributed by atoms with Crippen molar-refractivity contribution < 1.29 is 18.0 Å². The van der Waals surface area contributed by atoms with E-state index in [-0.39, 0.29) is 6.21 Å². The molecule has 0 aromatic heterocycles. The van der Waals surface area contributed by atoms with Crippen molar-refractivity contribution in [3.05, 3.63) is 0 Å². The van der Waals surface area contributed by atoms with Crippen LogP contribution in [-0.2, 0) is 4.79 Å². The first-order valence-corrected chi connectivity index (χ1v) is 2.66. The Hall–Kier alpha value is -1.07. The molecule has 0 atom stereocenters. The van der Waals surface area contributed by atoms with Crippen molar-refractivity contribution >= 4 is 12.0 Å². The van der Waals surface area contributed by atoms with Crippen LogP contribution in [0.4, 0.5) is 13.2 Å². The minimum absolute atomic E-state index is 0.236. The number of carbonyl (C=O) groups excluding carboxylic acids is 1. The molecule has 0 amide bonds. The summed E-state index contributed by atoms with van der Waals surface area (Å²) in [6, 6.07) is 0. The largest absolute Gasteiger partial charge is 0.455 e. The Balaban J connectivity index is 4.09. The molecule has 0 bridgehead atoms. The highest BCUT2D eigenvalue weighted by Gasteiger charge is 2.36. The third-order valence-electron chi connectivity index (χ3n) is 0.685. The highest BCUT2D eigenvalue weighted by Crippen LogP contribution is 2.14. The smallest absolute Gasteiger partial charge is 0.303 e. The zero-order valence-electron chi connectivity index (χ0n) is 6.01. The summed E-state index contributed by atoms with van der Waals surface area (Å²) < 4.78 is 34.3. The highest BCUT2D eigenvalue weighted by molar-refractivity contribution is 6.29. The van der Waals surface area contributed by atoms with Crippen LogP contribution in [0.1, 0.15) is 0 Å². The number of hydrogen-bond acceptors (Lipinski definition) is 3. The van der Waals surface area contributed by atoms with Crippen LogP contribution in [0.15, 0.2) is 5.10 Å². The van der Waals surface area contributed by atoms with Crippen molar-refractivity contribution in [3.63, 3.8) is 0 Å². The predicted molar refractivity (Wildman–Crippen MR) is 33.2 cm³/mol. The van der Waals surface area contributed by atoms with Crippen LogP contribution in [0.3, 0.4) is 0 Å². The van der Waals surface area contributed by atoms with Crippen LogP contribution < -0.4 is 0 Å². The van der Waals surface area contributed by atoms with Gasteiger partial charge < -0.3 is 5.01 Å². The fourth-order valence-electron chi connectivity index (χ4n) is 0.241. The molecule has 3 nitrogen and oxygen atoms in total. The Labute approximate surface area is 61.5 Å². The lowest BCUT2D eigenvalue weighted by molar-refractivity contribution is -0.162. The molecule has 0 heterocycles. The van der Waals surface area contributed by atoms with E-state index < -0.39 is 12.0 Å². The number of alkyl halides is 3. The second-order valence-electron chi connectivity index (χ2n) is 1.95. The van der Waals surface area contributed by atoms with Gasteiger partial charge in [-0.2, -0.15) is 18.3 Å². The van der Waals surface area contributed by atoms with Crippen LogP contribution >= 0.6 is 0 Å². The predicted octanol–water partition coefficient (Wildman–Crippen LogP) is 0.665. The van der Waals surface area contributed by atoms with E-state index in [0.29, 0.717) is 0 Å². The van der Waals surface area contributed by atoms with E-state index in [0.717, 1.165) is 5.01 Å². The van der Waals surface area contributed by atoms with E-state index in [4.69, 9.17) is 0 Å².